The number of nitrogen functional groups attached to an aromatic ring is 1. The Labute approximate surface area is 112 Å². The second-order valence-electron chi connectivity index (χ2n) is 3.52. The van der Waals surface area contributed by atoms with Gasteiger partial charge in [0, 0.05) is 11.4 Å². The minimum absolute atomic E-state index is 0.632. The van der Waals surface area contributed by atoms with Crippen LogP contribution in [0.4, 0.5) is 5.13 Å². The van der Waals surface area contributed by atoms with E-state index in [0.29, 0.717) is 5.13 Å². The second kappa shape index (κ2) is 5.74. The number of halogens is 1. The van der Waals surface area contributed by atoms with Crippen LogP contribution in [0, 0.1) is 0 Å². The number of thiophene rings is 1. The standard InChI is InChI=1S/C9H12ClN5S2/c1-15(4-6-2-3-7(10)16-6)5-8-13-14-9(12-11)17-8/h2-3H,4-5,11H2,1H3,(H,12,14). The molecule has 3 N–H and O–H groups in total. The Kier molecular flexibility index (Phi) is 4.30. The van der Waals surface area contributed by atoms with E-state index in [0.717, 1.165) is 22.4 Å². The van der Waals surface area contributed by atoms with Gasteiger partial charge in [-0.1, -0.05) is 22.9 Å². The van der Waals surface area contributed by atoms with Gasteiger partial charge in [0.15, 0.2) is 0 Å². The molecule has 0 aliphatic carbocycles. The second-order valence-corrected chi connectivity index (χ2v) is 6.39. The summed E-state index contributed by atoms with van der Waals surface area (Å²) in [5.74, 6) is 5.25. The zero-order valence-electron chi connectivity index (χ0n) is 9.18. The van der Waals surface area contributed by atoms with Gasteiger partial charge < -0.3 is 0 Å². The Morgan fingerprint density at radius 3 is 2.76 bits per heavy atom. The van der Waals surface area contributed by atoms with E-state index in [1.165, 1.54) is 16.2 Å². The molecule has 0 aliphatic rings. The fraction of sp³-hybridized carbons (Fsp3) is 0.333. The Morgan fingerprint density at radius 1 is 1.35 bits per heavy atom. The molecule has 0 saturated carbocycles. The summed E-state index contributed by atoms with van der Waals surface area (Å²) in [5.41, 5.74) is 2.48. The summed E-state index contributed by atoms with van der Waals surface area (Å²) in [6.07, 6.45) is 0. The minimum atomic E-state index is 0.632. The summed E-state index contributed by atoms with van der Waals surface area (Å²) < 4.78 is 0.818. The normalized spacial score (nSPS) is 11.1. The molecular weight excluding hydrogens is 278 g/mol. The van der Waals surface area contributed by atoms with E-state index in [-0.39, 0.29) is 0 Å². The van der Waals surface area contributed by atoms with Gasteiger partial charge in [0.1, 0.15) is 5.01 Å². The number of aromatic nitrogens is 2. The van der Waals surface area contributed by atoms with Crippen molar-refractivity contribution in [3.63, 3.8) is 0 Å². The van der Waals surface area contributed by atoms with Gasteiger partial charge in [0.2, 0.25) is 5.13 Å². The molecule has 2 aromatic rings. The molecule has 0 unspecified atom stereocenters. The van der Waals surface area contributed by atoms with E-state index in [2.05, 4.69) is 20.5 Å². The van der Waals surface area contributed by atoms with E-state index in [1.807, 2.05) is 19.2 Å². The molecular formula is C9H12ClN5S2. The van der Waals surface area contributed by atoms with Crippen molar-refractivity contribution in [2.24, 2.45) is 5.84 Å². The van der Waals surface area contributed by atoms with Crippen LogP contribution in [-0.2, 0) is 13.1 Å². The lowest BCUT2D eigenvalue weighted by Gasteiger charge is -2.12. The smallest absolute Gasteiger partial charge is 0.219 e. The highest BCUT2D eigenvalue weighted by atomic mass is 35.5. The fourth-order valence-electron chi connectivity index (χ4n) is 1.37. The van der Waals surface area contributed by atoms with Crippen LogP contribution in [0.15, 0.2) is 12.1 Å². The first-order chi connectivity index (χ1) is 8.17. The third-order valence-corrected chi connectivity index (χ3v) is 4.11. The van der Waals surface area contributed by atoms with E-state index in [4.69, 9.17) is 17.4 Å². The Balaban J connectivity index is 1.90. The van der Waals surface area contributed by atoms with Crippen LogP contribution in [0.3, 0.4) is 0 Å². The van der Waals surface area contributed by atoms with Crippen molar-refractivity contribution in [2.75, 3.05) is 12.5 Å². The summed E-state index contributed by atoms with van der Waals surface area (Å²) in [6.45, 7) is 1.59. The van der Waals surface area contributed by atoms with Crippen molar-refractivity contribution in [1.29, 1.82) is 0 Å². The quantitative estimate of drug-likeness (QED) is 0.652. The molecule has 92 valence electrons. The molecule has 5 nitrogen and oxygen atoms in total. The lowest BCUT2D eigenvalue weighted by molar-refractivity contribution is 0.320. The molecule has 0 bridgehead atoms. The number of anilines is 1. The van der Waals surface area contributed by atoms with E-state index >= 15 is 0 Å². The Morgan fingerprint density at radius 2 is 2.18 bits per heavy atom. The van der Waals surface area contributed by atoms with Gasteiger partial charge in [0.25, 0.3) is 0 Å². The molecule has 0 amide bonds. The maximum Gasteiger partial charge on any atom is 0.219 e. The number of nitrogens with one attached hydrogen (secondary N) is 1. The molecule has 0 saturated heterocycles. The summed E-state index contributed by atoms with van der Waals surface area (Å²) in [6, 6.07) is 3.95. The lowest BCUT2D eigenvalue weighted by atomic mass is 10.4. The molecule has 0 fully saturated rings. The van der Waals surface area contributed by atoms with Crippen LogP contribution in [-0.4, -0.2) is 22.1 Å². The van der Waals surface area contributed by atoms with Crippen molar-refractivity contribution < 1.29 is 0 Å². The summed E-state index contributed by atoms with van der Waals surface area (Å²) in [4.78, 5) is 3.39. The fourth-order valence-corrected chi connectivity index (χ4v) is 3.26. The number of hydrogen-bond donors (Lipinski definition) is 2. The highest BCUT2D eigenvalue weighted by Crippen LogP contribution is 2.23. The number of rotatable bonds is 5. The topological polar surface area (TPSA) is 67.1 Å². The summed E-state index contributed by atoms with van der Waals surface area (Å²) >= 11 is 8.93. The molecule has 2 heterocycles. The highest BCUT2D eigenvalue weighted by Gasteiger charge is 2.08. The van der Waals surface area contributed by atoms with Gasteiger partial charge >= 0.3 is 0 Å². The zero-order valence-corrected chi connectivity index (χ0v) is 11.6. The third-order valence-electron chi connectivity index (χ3n) is 2.05. The molecule has 2 rings (SSSR count). The molecule has 0 atom stereocenters. The van der Waals surface area contributed by atoms with Crippen molar-refractivity contribution in [3.8, 4) is 0 Å². The first kappa shape index (κ1) is 12.7. The monoisotopic (exact) mass is 289 g/mol. The van der Waals surface area contributed by atoms with Crippen LogP contribution in [0.25, 0.3) is 0 Å². The molecule has 17 heavy (non-hydrogen) atoms. The molecule has 8 heteroatoms. The first-order valence-electron chi connectivity index (χ1n) is 4.89. The van der Waals surface area contributed by atoms with Crippen molar-refractivity contribution >= 4 is 39.4 Å². The highest BCUT2D eigenvalue weighted by molar-refractivity contribution is 7.16. The number of nitrogens with zero attached hydrogens (tertiary/aromatic N) is 3. The SMILES string of the molecule is CN(Cc1ccc(Cl)s1)Cc1nnc(NN)s1. The Hall–Kier alpha value is -0.730. The van der Waals surface area contributed by atoms with Crippen LogP contribution >= 0.6 is 34.3 Å². The van der Waals surface area contributed by atoms with Gasteiger partial charge in [-0.25, -0.2) is 5.84 Å². The molecule has 0 aromatic carbocycles. The maximum absolute atomic E-state index is 5.88. The first-order valence-corrected chi connectivity index (χ1v) is 6.90. The lowest BCUT2D eigenvalue weighted by Crippen LogP contribution is -2.16. The van der Waals surface area contributed by atoms with Gasteiger partial charge in [-0.2, -0.15) is 0 Å². The summed E-state index contributed by atoms with van der Waals surface area (Å²) in [7, 11) is 2.03. The third kappa shape index (κ3) is 3.62. The van der Waals surface area contributed by atoms with Crippen LogP contribution in [0.5, 0.6) is 0 Å². The van der Waals surface area contributed by atoms with Crippen molar-refractivity contribution in [2.45, 2.75) is 13.1 Å². The van der Waals surface area contributed by atoms with Crippen LogP contribution < -0.4 is 11.3 Å². The predicted octanol–water partition coefficient (Wildman–Crippen LogP) is 2.17. The van der Waals surface area contributed by atoms with E-state index in [9.17, 15) is 0 Å². The molecule has 0 radical (unpaired) electrons. The van der Waals surface area contributed by atoms with E-state index in [1.54, 1.807) is 11.3 Å². The average molecular weight is 290 g/mol. The summed E-state index contributed by atoms with van der Waals surface area (Å²) in [5, 5.41) is 9.49. The van der Waals surface area contributed by atoms with Crippen molar-refractivity contribution in [1.82, 2.24) is 15.1 Å². The minimum Gasteiger partial charge on any atom is -0.298 e. The zero-order chi connectivity index (χ0) is 12.3. The number of nitrogens with two attached hydrogens (primary N) is 1. The van der Waals surface area contributed by atoms with Crippen LogP contribution in [0.1, 0.15) is 9.88 Å². The Bertz CT molecular complexity index is 483. The average Bonchev–Trinajstić information content (AvgIpc) is 2.88. The predicted molar refractivity (Wildman–Crippen MR) is 72.2 cm³/mol. The molecule has 0 aliphatic heterocycles. The van der Waals surface area contributed by atoms with Gasteiger partial charge in [-0.3, -0.25) is 10.3 Å². The largest absolute Gasteiger partial charge is 0.298 e. The van der Waals surface area contributed by atoms with Gasteiger partial charge in [-0.05, 0) is 19.2 Å². The van der Waals surface area contributed by atoms with Gasteiger partial charge in [0.05, 0.1) is 10.9 Å². The van der Waals surface area contributed by atoms with Gasteiger partial charge in [-0.15, -0.1) is 21.5 Å². The molecule has 2 aromatic heterocycles. The van der Waals surface area contributed by atoms with Crippen LogP contribution in [0.2, 0.25) is 4.34 Å². The van der Waals surface area contributed by atoms with E-state index < -0.39 is 0 Å². The maximum atomic E-state index is 5.88. The number of hydrogen-bond acceptors (Lipinski definition) is 7. The number of hydrazine groups is 1. The van der Waals surface area contributed by atoms with Crippen molar-refractivity contribution in [3.05, 3.63) is 26.4 Å². The molecule has 0 spiro atoms.